The number of thiocarbonyl (C=S) groups is 1. The van der Waals surface area contributed by atoms with Gasteiger partial charge in [-0.3, -0.25) is 0 Å². The van der Waals surface area contributed by atoms with Crippen LogP contribution in [0.1, 0.15) is 6.42 Å². The molecule has 1 aliphatic rings. The first kappa shape index (κ1) is 19.1. The molecule has 0 atom stereocenters. The lowest BCUT2D eigenvalue weighted by atomic mass is 10.3. The lowest BCUT2D eigenvalue weighted by Crippen LogP contribution is -2.40. The van der Waals surface area contributed by atoms with Crippen molar-refractivity contribution in [1.82, 2.24) is 9.62 Å². The summed E-state index contributed by atoms with van der Waals surface area (Å²) in [7, 11) is -1.86. The van der Waals surface area contributed by atoms with E-state index in [1.165, 1.54) is 4.31 Å². The van der Waals surface area contributed by atoms with Crippen molar-refractivity contribution in [2.45, 2.75) is 11.3 Å². The van der Waals surface area contributed by atoms with Crippen LogP contribution in [0.4, 0.5) is 5.69 Å². The van der Waals surface area contributed by atoms with Crippen LogP contribution in [0, 0.1) is 0 Å². The van der Waals surface area contributed by atoms with E-state index in [1.54, 1.807) is 31.4 Å². The molecule has 1 aromatic rings. The molecule has 0 bridgehead atoms. The predicted octanol–water partition coefficient (Wildman–Crippen LogP) is 1.03. The van der Waals surface area contributed by atoms with Crippen molar-refractivity contribution in [3.63, 3.8) is 0 Å². The standard InChI is InChI=1S/C15H23N3O4S2/c1-21-9-3-6-16-15(23)17-13-4-2-5-14(12-13)24(19,20)18-7-10-22-11-8-18/h2,4-5,12H,3,6-11H2,1H3,(H2,16,17,23). The van der Waals surface area contributed by atoms with Gasteiger partial charge in [0.1, 0.15) is 0 Å². The minimum absolute atomic E-state index is 0.247. The molecule has 7 nitrogen and oxygen atoms in total. The smallest absolute Gasteiger partial charge is 0.243 e. The molecule has 0 saturated carbocycles. The number of hydrogen-bond donors (Lipinski definition) is 2. The molecule has 1 aromatic carbocycles. The van der Waals surface area contributed by atoms with Gasteiger partial charge in [-0.15, -0.1) is 0 Å². The van der Waals surface area contributed by atoms with Crippen LogP contribution in [0.3, 0.4) is 0 Å². The Balaban J connectivity index is 1.99. The fraction of sp³-hybridized carbons (Fsp3) is 0.533. The first-order valence-electron chi connectivity index (χ1n) is 7.76. The third kappa shape index (κ3) is 5.38. The van der Waals surface area contributed by atoms with Crippen LogP contribution in [-0.2, 0) is 19.5 Å². The minimum atomic E-state index is -3.51. The number of methoxy groups -OCH3 is 1. The second-order valence-corrected chi connectivity index (χ2v) is 7.62. The summed E-state index contributed by atoms with van der Waals surface area (Å²) < 4.78 is 36.9. The van der Waals surface area contributed by atoms with Crippen molar-refractivity contribution in [1.29, 1.82) is 0 Å². The fourth-order valence-electron chi connectivity index (χ4n) is 2.26. The van der Waals surface area contributed by atoms with Gasteiger partial charge < -0.3 is 20.1 Å². The quantitative estimate of drug-likeness (QED) is 0.546. The highest BCUT2D eigenvalue weighted by atomic mass is 32.2. The number of hydrogen-bond acceptors (Lipinski definition) is 5. The summed E-state index contributed by atoms with van der Waals surface area (Å²) in [6.45, 7) is 2.94. The molecule has 2 N–H and O–H groups in total. The summed E-state index contributed by atoms with van der Waals surface area (Å²) in [6.07, 6.45) is 0.837. The van der Waals surface area contributed by atoms with Crippen molar-refractivity contribution < 1.29 is 17.9 Å². The highest BCUT2D eigenvalue weighted by Gasteiger charge is 2.26. The maximum Gasteiger partial charge on any atom is 0.243 e. The topological polar surface area (TPSA) is 79.9 Å². The Hall–Kier alpha value is -1.26. The van der Waals surface area contributed by atoms with Gasteiger partial charge >= 0.3 is 0 Å². The Morgan fingerprint density at radius 3 is 2.83 bits per heavy atom. The summed E-state index contributed by atoms with van der Waals surface area (Å²) in [5.74, 6) is 0. The number of ether oxygens (including phenoxy) is 2. The molecule has 0 unspecified atom stereocenters. The van der Waals surface area contributed by atoms with Crippen LogP contribution in [0.15, 0.2) is 29.2 Å². The Labute approximate surface area is 148 Å². The van der Waals surface area contributed by atoms with Gasteiger partial charge in [-0.05, 0) is 36.8 Å². The molecule has 9 heteroatoms. The molecular weight excluding hydrogens is 350 g/mol. The molecular formula is C15H23N3O4S2. The zero-order valence-corrected chi connectivity index (χ0v) is 15.3. The van der Waals surface area contributed by atoms with Crippen LogP contribution >= 0.6 is 12.2 Å². The number of nitrogens with zero attached hydrogens (tertiary/aromatic N) is 1. The highest BCUT2D eigenvalue weighted by molar-refractivity contribution is 7.89. The maximum atomic E-state index is 12.6. The summed E-state index contributed by atoms with van der Waals surface area (Å²) >= 11 is 5.21. The second-order valence-electron chi connectivity index (χ2n) is 5.27. The van der Waals surface area contributed by atoms with E-state index in [1.807, 2.05) is 0 Å². The molecule has 1 heterocycles. The molecule has 24 heavy (non-hydrogen) atoms. The summed E-state index contributed by atoms with van der Waals surface area (Å²) in [4.78, 5) is 0.247. The normalized spacial score (nSPS) is 15.9. The number of morpholine rings is 1. The van der Waals surface area contributed by atoms with Gasteiger partial charge in [-0.2, -0.15) is 4.31 Å². The van der Waals surface area contributed by atoms with Gasteiger partial charge in [0.15, 0.2) is 5.11 Å². The minimum Gasteiger partial charge on any atom is -0.385 e. The molecule has 0 aromatic heterocycles. The third-order valence-corrected chi connectivity index (χ3v) is 5.65. The van der Waals surface area contributed by atoms with Crippen LogP contribution in [-0.4, -0.2) is 64.4 Å². The molecule has 1 saturated heterocycles. The van der Waals surface area contributed by atoms with Gasteiger partial charge in [-0.1, -0.05) is 6.07 Å². The number of anilines is 1. The van der Waals surface area contributed by atoms with Crippen molar-refractivity contribution in [2.75, 3.05) is 51.9 Å². The van der Waals surface area contributed by atoms with E-state index in [-0.39, 0.29) is 4.90 Å². The Morgan fingerprint density at radius 1 is 1.38 bits per heavy atom. The average molecular weight is 374 g/mol. The summed E-state index contributed by atoms with van der Waals surface area (Å²) in [6, 6.07) is 6.66. The van der Waals surface area contributed by atoms with Gasteiger partial charge in [0, 0.05) is 39.0 Å². The van der Waals surface area contributed by atoms with E-state index in [4.69, 9.17) is 21.7 Å². The van der Waals surface area contributed by atoms with Gasteiger partial charge in [-0.25, -0.2) is 8.42 Å². The van der Waals surface area contributed by atoms with E-state index in [0.717, 1.165) is 6.42 Å². The number of sulfonamides is 1. The van der Waals surface area contributed by atoms with Crippen LogP contribution in [0.5, 0.6) is 0 Å². The molecule has 0 radical (unpaired) electrons. The average Bonchev–Trinajstić information content (AvgIpc) is 2.60. The Morgan fingerprint density at radius 2 is 2.12 bits per heavy atom. The zero-order valence-electron chi connectivity index (χ0n) is 13.7. The van der Waals surface area contributed by atoms with Crippen molar-refractivity contribution in [3.05, 3.63) is 24.3 Å². The SMILES string of the molecule is COCCCNC(=S)Nc1cccc(S(=O)(=O)N2CCOCC2)c1. The first-order valence-corrected chi connectivity index (χ1v) is 9.60. The Bertz CT molecular complexity index is 646. The molecule has 0 aliphatic carbocycles. The van der Waals surface area contributed by atoms with Crippen molar-refractivity contribution in [2.24, 2.45) is 0 Å². The van der Waals surface area contributed by atoms with Crippen LogP contribution in [0.25, 0.3) is 0 Å². The number of nitrogens with one attached hydrogen (secondary N) is 2. The van der Waals surface area contributed by atoms with Crippen molar-refractivity contribution >= 4 is 33.0 Å². The molecule has 0 amide bonds. The van der Waals surface area contributed by atoms with Crippen molar-refractivity contribution in [3.8, 4) is 0 Å². The maximum absolute atomic E-state index is 12.6. The molecule has 134 valence electrons. The largest absolute Gasteiger partial charge is 0.385 e. The highest BCUT2D eigenvalue weighted by Crippen LogP contribution is 2.20. The van der Waals surface area contributed by atoms with E-state index in [0.29, 0.717) is 50.3 Å². The molecule has 2 rings (SSSR count). The van der Waals surface area contributed by atoms with E-state index in [9.17, 15) is 8.42 Å². The van der Waals surface area contributed by atoms with Gasteiger partial charge in [0.05, 0.1) is 18.1 Å². The Kier molecular flexibility index (Phi) is 7.38. The van der Waals surface area contributed by atoms with Gasteiger partial charge in [0.25, 0.3) is 0 Å². The second kappa shape index (κ2) is 9.28. The van der Waals surface area contributed by atoms with E-state index >= 15 is 0 Å². The zero-order chi connectivity index (χ0) is 17.4. The monoisotopic (exact) mass is 373 g/mol. The third-order valence-electron chi connectivity index (χ3n) is 3.51. The predicted molar refractivity (Wildman–Crippen MR) is 96.7 cm³/mol. The fourth-order valence-corrected chi connectivity index (χ4v) is 3.94. The van der Waals surface area contributed by atoms with E-state index < -0.39 is 10.0 Å². The molecule has 1 aliphatic heterocycles. The number of rotatable bonds is 7. The number of benzene rings is 1. The van der Waals surface area contributed by atoms with Crippen LogP contribution < -0.4 is 10.6 Å². The summed E-state index contributed by atoms with van der Waals surface area (Å²) in [5.41, 5.74) is 0.633. The lowest BCUT2D eigenvalue weighted by Gasteiger charge is -2.26. The summed E-state index contributed by atoms with van der Waals surface area (Å²) in [5, 5.41) is 6.51. The lowest BCUT2D eigenvalue weighted by molar-refractivity contribution is 0.0730. The molecule has 0 spiro atoms. The molecule has 1 fully saturated rings. The van der Waals surface area contributed by atoms with Gasteiger partial charge in [0.2, 0.25) is 10.0 Å². The van der Waals surface area contributed by atoms with E-state index in [2.05, 4.69) is 10.6 Å². The first-order chi connectivity index (χ1) is 11.5. The van der Waals surface area contributed by atoms with Crippen LogP contribution in [0.2, 0.25) is 0 Å².